The number of primary amides is 1. The number of rotatable bonds is 3. The molecule has 4 heterocycles. The van der Waals surface area contributed by atoms with Crippen molar-refractivity contribution in [2.24, 2.45) is 10.7 Å². The fourth-order valence-corrected chi connectivity index (χ4v) is 3.89. The van der Waals surface area contributed by atoms with Gasteiger partial charge in [-0.3, -0.25) is 19.6 Å². The largest absolute Gasteiger partial charge is 0.376 e. The summed E-state index contributed by atoms with van der Waals surface area (Å²) in [5, 5.41) is 7.23. The number of aromatic nitrogens is 2. The van der Waals surface area contributed by atoms with Crippen LogP contribution < -0.4 is 11.1 Å². The molecule has 0 aliphatic carbocycles. The van der Waals surface area contributed by atoms with Gasteiger partial charge in [0.2, 0.25) is 5.96 Å². The first kappa shape index (κ1) is 18.0. The second-order valence-electron chi connectivity index (χ2n) is 7.11. The number of nitrogens with one attached hydrogen (secondary N) is 1. The molecule has 1 aromatic heterocycles. The van der Waals surface area contributed by atoms with Gasteiger partial charge in [-0.25, -0.2) is 4.99 Å². The standard InChI is InChI=1S/C19H23N7O2/c1-4-26-15(7-11(2)23-26)18(28)22-19-21-8-13-14(17(20)27)10-24(3)9-12-5-6-25(19)16(12)13/h7-8,10H,4-6,9H2,1-3H3,(H2,20,27)(H,21,22,28). The average molecular weight is 381 g/mol. The Morgan fingerprint density at radius 1 is 1.36 bits per heavy atom. The minimum Gasteiger partial charge on any atom is -0.376 e. The third kappa shape index (κ3) is 2.88. The van der Waals surface area contributed by atoms with Crippen molar-refractivity contribution in [1.29, 1.82) is 0 Å². The van der Waals surface area contributed by atoms with E-state index in [1.165, 1.54) is 5.57 Å². The summed E-state index contributed by atoms with van der Waals surface area (Å²) in [6, 6.07) is 1.76. The maximum Gasteiger partial charge on any atom is 0.276 e. The minimum atomic E-state index is -0.497. The molecule has 0 bridgehead atoms. The Labute approximate surface area is 162 Å². The van der Waals surface area contributed by atoms with Gasteiger partial charge in [-0.2, -0.15) is 5.10 Å². The maximum absolute atomic E-state index is 12.8. The van der Waals surface area contributed by atoms with Gasteiger partial charge in [0, 0.05) is 44.7 Å². The summed E-state index contributed by atoms with van der Waals surface area (Å²) in [5.41, 5.74) is 10.1. The first-order valence-corrected chi connectivity index (χ1v) is 9.25. The van der Waals surface area contributed by atoms with Crippen LogP contribution in [0.25, 0.3) is 0 Å². The van der Waals surface area contributed by atoms with E-state index in [-0.39, 0.29) is 5.91 Å². The van der Waals surface area contributed by atoms with Crippen LogP contribution >= 0.6 is 0 Å². The number of carbonyl (C=O) groups is 2. The highest BCUT2D eigenvalue weighted by molar-refractivity contribution is 6.07. The van der Waals surface area contributed by atoms with E-state index >= 15 is 0 Å². The fraction of sp³-hybridized carbons (Fsp3) is 0.368. The van der Waals surface area contributed by atoms with Crippen LogP contribution in [0.3, 0.4) is 0 Å². The molecule has 0 atom stereocenters. The molecule has 4 rings (SSSR count). The zero-order chi connectivity index (χ0) is 20.0. The highest BCUT2D eigenvalue weighted by atomic mass is 16.2. The van der Waals surface area contributed by atoms with Crippen molar-refractivity contribution in [2.45, 2.75) is 26.8 Å². The highest BCUT2D eigenvalue weighted by Crippen LogP contribution is 2.37. The van der Waals surface area contributed by atoms with Crippen LogP contribution in [-0.2, 0) is 11.3 Å². The first-order chi connectivity index (χ1) is 13.4. The van der Waals surface area contributed by atoms with Gasteiger partial charge < -0.3 is 15.5 Å². The van der Waals surface area contributed by atoms with E-state index in [9.17, 15) is 9.59 Å². The lowest BCUT2D eigenvalue weighted by atomic mass is 10.0. The summed E-state index contributed by atoms with van der Waals surface area (Å²) >= 11 is 0. The number of nitrogens with two attached hydrogens (primary N) is 1. The van der Waals surface area contributed by atoms with Crippen LogP contribution in [0.1, 0.15) is 29.5 Å². The third-order valence-electron chi connectivity index (χ3n) is 5.07. The number of aryl methyl sites for hydroxylation is 2. The molecular weight excluding hydrogens is 358 g/mol. The number of hydrogen-bond acceptors (Lipinski definition) is 6. The zero-order valence-corrected chi connectivity index (χ0v) is 16.2. The molecule has 3 N–H and O–H groups in total. The Morgan fingerprint density at radius 3 is 2.86 bits per heavy atom. The molecule has 0 saturated heterocycles. The summed E-state index contributed by atoms with van der Waals surface area (Å²) in [7, 11) is 1.91. The summed E-state index contributed by atoms with van der Waals surface area (Å²) in [4.78, 5) is 33.1. The van der Waals surface area contributed by atoms with Gasteiger partial charge in [0.15, 0.2) is 0 Å². The fourth-order valence-electron chi connectivity index (χ4n) is 3.89. The van der Waals surface area contributed by atoms with Gasteiger partial charge in [0.1, 0.15) is 5.69 Å². The van der Waals surface area contributed by atoms with Crippen LogP contribution in [0.2, 0.25) is 0 Å². The predicted molar refractivity (Wildman–Crippen MR) is 104 cm³/mol. The van der Waals surface area contributed by atoms with Gasteiger partial charge in [-0.15, -0.1) is 0 Å². The Hall–Kier alpha value is -3.36. The molecular formula is C19H23N7O2. The molecule has 0 unspecified atom stereocenters. The maximum atomic E-state index is 12.8. The van der Waals surface area contributed by atoms with Gasteiger partial charge in [0.25, 0.3) is 11.8 Å². The monoisotopic (exact) mass is 381 g/mol. The molecule has 28 heavy (non-hydrogen) atoms. The second-order valence-corrected chi connectivity index (χ2v) is 7.11. The molecule has 0 saturated carbocycles. The van der Waals surface area contributed by atoms with Crippen molar-refractivity contribution in [3.8, 4) is 0 Å². The number of carbonyl (C=O) groups excluding carboxylic acids is 2. The quantitative estimate of drug-likeness (QED) is 0.791. The number of allylic oxidation sites excluding steroid dienone is 1. The van der Waals surface area contributed by atoms with E-state index in [2.05, 4.69) is 15.4 Å². The number of guanidine groups is 1. The number of aliphatic imine (C=N–C) groups is 1. The second kappa shape index (κ2) is 6.66. The molecule has 1 aromatic rings. The zero-order valence-electron chi connectivity index (χ0n) is 16.2. The molecule has 3 aliphatic rings. The van der Waals surface area contributed by atoms with Crippen molar-refractivity contribution < 1.29 is 9.59 Å². The predicted octanol–water partition coefficient (Wildman–Crippen LogP) is 0.469. The Balaban J connectivity index is 1.69. The normalized spacial score (nSPS) is 18.3. The minimum absolute atomic E-state index is 0.261. The number of hydrogen-bond donors (Lipinski definition) is 2. The average Bonchev–Trinajstić information content (AvgIpc) is 3.20. The molecule has 3 aliphatic heterocycles. The van der Waals surface area contributed by atoms with E-state index in [0.29, 0.717) is 42.4 Å². The molecule has 2 amide bonds. The van der Waals surface area contributed by atoms with Crippen LogP contribution in [0.4, 0.5) is 0 Å². The molecule has 9 nitrogen and oxygen atoms in total. The Kier molecular flexibility index (Phi) is 4.29. The van der Waals surface area contributed by atoms with Crippen LogP contribution in [0.5, 0.6) is 0 Å². The van der Waals surface area contributed by atoms with E-state index in [1.807, 2.05) is 30.7 Å². The lowest BCUT2D eigenvalue weighted by Gasteiger charge is -2.28. The van der Waals surface area contributed by atoms with Crippen molar-refractivity contribution >= 4 is 17.8 Å². The topological polar surface area (TPSA) is 109 Å². The summed E-state index contributed by atoms with van der Waals surface area (Å²) in [5.74, 6) is -0.305. The molecule has 0 fully saturated rings. The number of likely N-dealkylation sites (N-methyl/N-ethyl adjacent to an activating group) is 1. The summed E-state index contributed by atoms with van der Waals surface area (Å²) in [6.45, 7) is 5.78. The molecule has 0 spiro atoms. The molecule has 0 aromatic carbocycles. The first-order valence-electron chi connectivity index (χ1n) is 9.25. The van der Waals surface area contributed by atoms with E-state index in [1.54, 1.807) is 23.1 Å². The molecule has 146 valence electrons. The van der Waals surface area contributed by atoms with E-state index in [4.69, 9.17) is 5.73 Å². The summed E-state index contributed by atoms with van der Waals surface area (Å²) in [6.07, 6.45) is 4.20. The Bertz CT molecular complexity index is 996. The van der Waals surface area contributed by atoms with Crippen LogP contribution in [-0.4, -0.2) is 57.5 Å². The van der Waals surface area contributed by atoms with Gasteiger partial charge in [-0.05, 0) is 31.9 Å². The third-order valence-corrected chi connectivity index (χ3v) is 5.07. The van der Waals surface area contributed by atoms with Crippen molar-refractivity contribution in [3.05, 3.63) is 52.3 Å². The van der Waals surface area contributed by atoms with E-state index in [0.717, 1.165) is 17.8 Å². The van der Waals surface area contributed by atoms with Crippen molar-refractivity contribution in [2.75, 3.05) is 20.1 Å². The molecule has 0 radical (unpaired) electrons. The van der Waals surface area contributed by atoms with Gasteiger partial charge >= 0.3 is 0 Å². The van der Waals surface area contributed by atoms with Gasteiger partial charge in [0.05, 0.1) is 17.0 Å². The van der Waals surface area contributed by atoms with Crippen molar-refractivity contribution in [1.82, 2.24) is 24.9 Å². The summed E-state index contributed by atoms with van der Waals surface area (Å²) < 4.78 is 1.67. The van der Waals surface area contributed by atoms with Crippen LogP contribution in [0.15, 0.2) is 45.9 Å². The smallest absolute Gasteiger partial charge is 0.276 e. The Morgan fingerprint density at radius 2 is 2.14 bits per heavy atom. The van der Waals surface area contributed by atoms with Gasteiger partial charge in [-0.1, -0.05) is 0 Å². The van der Waals surface area contributed by atoms with Crippen LogP contribution in [0, 0.1) is 6.92 Å². The highest BCUT2D eigenvalue weighted by Gasteiger charge is 2.36. The lowest BCUT2D eigenvalue weighted by molar-refractivity contribution is -0.114. The number of amides is 2. The lowest BCUT2D eigenvalue weighted by Crippen LogP contribution is -2.44. The van der Waals surface area contributed by atoms with E-state index < -0.39 is 5.91 Å². The SMILES string of the molecule is CCn1nc(C)cc1C(=O)NC1=NC=C2C(C(N)=O)=CN(C)CC3=C2N1CC3. The number of nitrogens with zero attached hydrogens (tertiary/aromatic N) is 5. The van der Waals surface area contributed by atoms with Crippen molar-refractivity contribution in [3.63, 3.8) is 0 Å². The molecule has 9 heteroatoms.